The van der Waals surface area contributed by atoms with Crippen LogP contribution in [0, 0.1) is 0 Å². The summed E-state index contributed by atoms with van der Waals surface area (Å²) in [4.78, 5) is 16.4. The number of methoxy groups -OCH3 is 1. The van der Waals surface area contributed by atoms with Gasteiger partial charge in [0.1, 0.15) is 4.88 Å². The minimum atomic E-state index is -0.405. The Bertz CT molecular complexity index is 588. The van der Waals surface area contributed by atoms with E-state index in [1.807, 2.05) is 24.3 Å². The first kappa shape index (κ1) is 13.5. The average molecular weight is 276 g/mol. The molecule has 0 aliphatic carbocycles. The summed E-state index contributed by atoms with van der Waals surface area (Å²) < 4.78 is 4.75. The van der Waals surface area contributed by atoms with E-state index in [-0.39, 0.29) is 0 Å². The summed E-state index contributed by atoms with van der Waals surface area (Å²) in [6, 6.07) is 7.99. The van der Waals surface area contributed by atoms with Crippen LogP contribution >= 0.6 is 11.3 Å². The van der Waals surface area contributed by atoms with Crippen molar-refractivity contribution in [2.75, 3.05) is 12.8 Å². The summed E-state index contributed by atoms with van der Waals surface area (Å²) in [6.07, 6.45) is 0. The van der Waals surface area contributed by atoms with Crippen molar-refractivity contribution in [3.63, 3.8) is 0 Å². The first-order valence-electron chi connectivity index (χ1n) is 5.98. The van der Waals surface area contributed by atoms with Gasteiger partial charge in [0.05, 0.1) is 12.8 Å². The van der Waals surface area contributed by atoms with Gasteiger partial charge in [-0.05, 0) is 11.5 Å². The molecule has 2 N–H and O–H groups in total. The molecular weight excluding hydrogens is 260 g/mol. The lowest BCUT2D eigenvalue weighted by Crippen LogP contribution is -2.00. The van der Waals surface area contributed by atoms with Gasteiger partial charge in [0.25, 0.3) is 0 Å². The first-order chi connectivity index (χ1) is 9.02. The zero-order valence-electron chi connectivity index (χ0n) is 11.1. The highest BCUT2D eigenvalue weighted by molar-refractivity contribution is 7.17. The maximum atomic E-state index is 11.7. The highest BCUT2D eigenvalue weighted by Gasteiger charge is 2.19. The van der Waals surface area contributed by atoms with Gasteiger partial charge in [-0.3, -0.25) is 0 Å². The molecule has 2 aromatic rings. The summed E-state index contributed by atoms with van der Waals surface area (Å²) in [7, 11) is 1.35. The van der Waals surface area contributed by atoms with E-state index in [1.165, 1.54) is 12.7 Å². The summed E-state index contributed by atoms with van der Waals surface area (Å²) in [6.45, 7) is 4.27. The normalized spacial score (nSPS) is 10.7. The number of nitrogens with zero attached hydrogens (tertiary/aromatic N) is 1. The molecule has 0 saturated carbocycles. The molecule has 0 fully saturated rings. The SMILES string of the molecule is COC(=O)c1sc(N)nc1-c1ccc(C(C)C)cc1. The van der Waals surface area contributed by atoms with Crippen LogP contribution in [0.3, 0.4) is 0 Å². The van der Waals surface area contributed by atoms with E-state index in [2.05, 4.69) is 18.8 Å². The fraction of sp³-hybridized carbons (Fsp3) is 0.286. The molecule has 4 nitrogen and oxygen atoms in total. The predicted molar refractivity (Wildman–Crippen MR) is 77.4 cm³/mol. The number of nitrogen functional groups attached to an aromatic ring is 1. The van der Waals surface area contributed by atoms with Gasteiger partial charge in [-0.2, -0.15) is 0 Å². The zero-order valence-corrected chi connectivity index (χ0v) is 12.0. The second-order valence-electron chi connectivity index (χ2n) is 4.50. The van der Waals surface area contributed by atoms with Crippen LogP contribution in [-0.4, -0.2) is 18.1 Å². The van der Waals surface area contributed by atoms with E-state index >= 15 is 0 Å². The number of esters is 1. The number of nitrogens with two attached hydrogens (primary N) is 1. The smallest absolute Gasteiger partial charge is 0.350 e. The average Bonchev–Trinajstić information content (AvgIpc) is 2.80. The fourth-order valence-electron chi connectivity index (χ4n) is 1.79. The van der Waals surface area contributed by atoms with Gasteiger partial charge in [0, 0.05) is 5.56 Å². The molecule has 1 heterocycles. The molecule has 1 aromatic carbocycles. The van der Waals surface area contributed by atoms with Gasteiger partial charge >= 0.3 is 5.97 Å². The van der Waals surface area contributed by atoms with Crippen LogP contribution in [0.25, 0.3) is 11.3 Å². The van der Waals surface area contributed by atoms with Gasteiger partial charge in [-0.1, -0.05) is 49.4 Å². The Morgan fingerprint density at radius 1 is 1.32 bits per heavy atom. The largest absolute Gasteiger partial charge is 0.465 e. The third-order valence-corrected chi connectivity index (χ3v) is 3.73. The van der Waals surface area contributed by atoms with Gasteiger partial charge in [-0.15, -0.1) is 0 Å². The van der Waals surface area contributed by atoms with Crippen LogP contribution in [0.5, 0.6) is 0 Å². The second-order valence-corrected chi connectivity index (χ2v) is 5.53. The van der Waals surface area contributed by atoms with Crippen molar-refractivity contribution in [3.05, 3.63) is 34.7 Å². The number of benzene rings is 1. The predicted octanol–water partition coefficient (Wildman–Crippen LogP) is 3.30. The van der Waals surface area contributed by atoms with Crippen LogP contribution in [0.4, 0.5) is 5.13 Å². The van der Waals surface area contributed by atoms with Gasteiger partial charge in [0.15, 0.2) is 5.13 Å². The standard InChI is InChI=1S/C14H16N2O2S/c1-8(2)9-4-6-10(7-5-9)11-12(13(17)18-3)19-14(15)16-11/h4-8H,1-3H3,(H2,15,16). The van der Waals surface area contributed by atoms with E-state index in [0.29, 0.717) is 21.6 Å². The van der Waals surface area contributed by atoms with Crippen LogP contribution in [-0.2, 0) is 4.74 Å². The van der Waals surface area contributed by atoms with E-state index < -0.39 is 5.97 Å². The van der Waals surface area contributed by atoms with Crippen molar-refractivity contribution in [2.24, 2.45) is 0 Å². The topological polar surface area (TPSA) is 65.2 Å². The fourth-order valence-corrected chi connectivity index (χ4v) is 2.56. The molecule has 0 atom stereocenters. The van der Waals surface area contributed by atoms with Crippen molar-refractivity contribution in [2.45, 2.75) is 19.8 Å². The lowest BCUT2D eigenvalue weighted by Gasteiger charge is -2.06. The number of carbonyl (C=O) groups excluding carboxylic acids is 1. The molecule has 0 saturated heterocycles. The van der Waals surface area contributed by atoms with Crippen LogP contribution < -0.4 is 5.73 Å². The summed E-state index contributed by atoms with van der Waals surface area (Å²) in [5.74, 6) is 0.0618. The van der Waals surface area contributed by atoms with Crippen LogP contribution in [0.15, 0.2) is 24.3 Å². The molecule has 0 aliphatic rings. The monoisotopic (exact) mass is 276 g/mol. The Balaban J connectivity index is 2.44. The van der Waals surface area contributed by atoms with Crippen molar-refractivity contribution in [1.82, 2.24) is 4.98 Å². The number of ether oxygens (including phenoxy) is 1. The Morgan fingerprint density at radius 2 is 1.95 bits per heavy atom. The number of aromatic nitrogens is 1. The van der Waals surface area contributed by atoms with Crippen molar-refractivity contribution < 1.29 is 9.53 Å². The van der Waals surface area contributed by atoms with Gasteiger partial charge < -0.3 is 10.5 Å². The van der Waals surface area contributed by atoms with Crippen molar-refractivity contribution in [3.8, 4) is 11.3 Å². The number of hydrogen-bond acceptors (Lipinski definition) is 5. The molecule has 19 heavy (non-hydrogen) atoms. The molecule has 100 valence electrons. The number of carbonyl (C=O) groups is 1. The number of hydrogen-bond donors (Lipinski definition) is 1. The van der Waals surface area contributed by atoms with Crippen molar-refractivity contribution >= 4 is 22.4 Å². The lowest BCUT2D eigenvalue weighted by atomic mass is 10.0. The van der Waals surface area contributed by atoms with E-state index in [9.17, 15) is 4.79 Å². The molecule has 5 heteroatoms. The lowest BCUT2D eigenvalue weighted by molar-refractivity contribution is 0.0607. The summed E-state index contributed by atoms with van der Waals surface area (Å²) in [5.41, 5.74) is 8.39. The van der Waals surface area contributed by atoms with E-state index in [4.69, 9.17) is 10.5 Å². The highest BCUT2D eigenvalue weighted by atomic mass is 32.1. The third kappa shape index (κ3) is 2.76. The van der Waals surface area contributed by atoms with E-state index in [0.717, 1.165) is 16.9 Å². The number of thiazole rings is 1. The number of anilines is 1. The molecule has 0 unspecified atom stereocenters. The quantitative estimate of drug-likeness (QED) is 0.873. The minimum absolute atomic E-state index is 0.364. The second kappa shape index (κ2) is 5.40. The molecule has 0 spiro atoms. The molecule has 2 rings (SSSR count). The van der Waals surface area contributed by atoms with Gasteiger partial charge in [0.2, 0.25) is 0 Å². The van der Waals surface area contributed by atoms with Crippen molar-refractivity contribution in [1.29, 1.82) is 0 Å². The van der Waals surface area contributed by atoms with Gasteiger partial charge in [-0.25, -0.2) is 9.78 Å². The minimum Gasteiger partial charge on any atom is -0.465 e. The van der Waals surface area contributed by atoms with Crippen LogP contribution in [0.2, 0.25) is 0 Å². The molecule has 0 amide bonds. The molecule has 0 aliphatic heterocycles. The Kier molecular flexibility index (Phi) is 3.85. The Hall–Kier alpha value is -1.88. The summed E-state index contributed by atoms with van der Waals surface area (Å²) in [5, 5.41) is 0.364. The Labute approximate surface area is 116 Å². The number of rotatable bonds is 3. The first-order valence-corrected chi connectivity index (χ1v) is 6.79. The highest BCUT2D eigenvalue weighted by Crippen LogP contribution is 2.31. The van der Waals surface area contributed by atoms with Crippen LogP contribution in [0.1, 0.15) is 35.0 Å². The summed E-state index contributed by atoms with van der Waals surface area (Å²) >= 11 is 1.14. The molecular formula is C14H16N2O2S. The van der Waals surface area contributed by atoms with E-state index in [1.54, 1.807) is 0 Å². The zero-order chi connectivity index (χ0) is 14.0. The molecule has 1 aromatic heterocycles. The maximum absolute atomic E-state index is 11.7. The molecule has 0 bridgehead atoms. The Morgan fingerprint density at radius 3 is 2.47 bits per heavy atom. The third-order valence-electron chi connectivity index (χ3n) is 2.87. The molecule has 0 radical (unpaired) electrons. The maximum Gasteiger partial charge on any atom is 0.350 e.